The standard InChI is InChI=1S/C20H18F2N6O6S2/c1-33-10-2-4-27(5-3-10)6-9-7-35-17-13(16(30)28(17)14(9)18(31)32)25-15(29)12(26-34-19(21)22)11-8-36-20(23)24-11/h2-5,8,13,17,19H,6-7H2,1H3,(H3-,23,24,25,29,31,32)/p+1/t13?,17-/m0/s1. The molecule has 36 heavy (non-hydrogen) atoms. The highest BCUT2D eigenvalue weighted by molar-refractivity contribution is 8.00. The average molecular weight is 542 g/mol. The molecule has 0 radical (unpaired) electrons. The number of nitrogens with one attached hydrogen (secondary N) is 1. The smallest absolute Gasteiger partial charge is 0.407 e. The van der Waals surface area contributed by atoms with Crippen LogP contribution >= 0.6 is 23.1 Å². The Kier molecular flexibility index (Phi) is 7.35. The molecular formula is C20H19F2N6O6S2+. The molecule has 4 heterocycles. The fourth-order valence-corrected chi connectivity index (χ4v) is 5.50. The number of rotatable bonds is 9. The number of oxime groups is 1. The second-order valence-electron chi connectivity index (χ2n) is 7.41. The van der Waals surface area contributed by atoms with Crippen molar-refractivity contribution in [1.29, 1.82) is 0 Å². The normalized spacial score (nSPS) is 19.6. The Balaban J connectivity index is 1.52. The zero-order valence-electron chi connectivity index (χ0n) is 18.5. The number of pyridine rings is 1. The number of ether oxygens (including phenoxy) is 1. The summed E-state index contributed by atoms with van der Waals surface area (Å²) >= 11 is 2.21. The van der Waals surface area contributed by atoms with Gasteiger partial charge in [0.1, 0.15) is 28.6 Å². The van der Waals surface area contributed by atoms with Crippen LogP contribution in [-0.2, 0) is 25.8 Å². The lowest BCUT2D eigenvalue weighted by atomic mass is 10.0. The Labute approximate surface area is 210 Å². The van der Waals surface area contributed by atoms with Gasteiger partial charge in [0.15, 0.2) is 29.8 Å². The summed E-state index contributed by atoms with van der Waals surface area (Å²) in [6.45, 7) is -3.07. The summed E-state index contributed by atoms with van der Waals surface area (Å²) in [5, 5.41) is 16.1. The van der Waals surface area contributed by atoms with Crippen LogP contribution in [0, 0.1) is 0 Å². The first-order chi connectivity index (χ1) is 17.2. The highest BCUT2D eigenvalue weighted by Crippen LogP contribution is 2.40. The number of aromatic nitrogens is 2. The minimum Gasteiger partial charge on any atom is -0.496 e. The van der Waals surface area contributed by atoms with Gasteiger partial charge in [-0.2, -0.15) is 8.78 Å². The number of thiazole rings is 1. The van der Waals surface area contributed by atoms with Crippen LogP contribution in [-0.4, -0.2) is 69.4 Å². The number of alkyl halides is 2. The van der Waals surface area contributed by atoms with E-state index in [2.05, 4.69) is 20.3 Å². The maximum absolute atomic E-state index is 12.9. The lowest BCUT2D eigenvalue weighted by Gasteiger charge is -2.49. The number of nitrogens with two attached hydrogens (primary N) is 1. The number of methoxy groups -OCH3 is 1. The lowest BCUT2D eigenvalue weighted by Crippen LogP contribution is -2.71. The minimum atomic E-state index is -3.29. The lowest BCUT2D eigenvalue weighted by molar-refractivity contribution is -0.689. The number of carboxylic acids is 1. The minimum absolute atomic E-state index is 0.0646. The van der Waals surface area contributed by atoms with E-state index in [1.54, 1.807) is 29.1 Å². The molecule has 0 saturated carbocycles. The Morgan fingerprint density at radius 2 is 2.14 bits per heavy atom. The number of aliphatic carboxylic acids is 1. The largest absolute Gasteiger partial charge is 0.496 e. The van der Waals surface area contributed by atoms with E-state index in [-0.39, 0.29) is 28.8 Å². The number of carboxylic acid groups (broad SMARTS) is 1. The number of nitrogens with zero attached hydrogens (tertiary/aromatic N) is 4. The molecule has 4 rings (SSSR count). The van der Waals surface area contributed by atoms with Crippen molar-refractivity contribution < 1.29 is 42.4 Å². The van der Waals surface area contributed by atoms with Crippen LogP contribution in [0.1, 0.15) is 5.69 Å². The molecule has 2 amide bonds. The molecule has 1 fully saturated rings. The van der Waals surface area contributed by atoms with Crippen molar-refractivity contribution in [3.63, 3.8) is 0 Å². The Morgan fingerprint density at radius 1 is 1.42 bits per heavy atom. The molecule has 12 nitrogen and oxygen atoms in total. The number of hydrogen-bond donors (Lipinski definition) is 3. The van der Waals surface area contributed by atoms with E-state index in [1.807, 2.05) is 0 Å². The van der Waals surface area contributed by atoms with Gasteiger partial charge in [0, 0.05) is 28.8 Å². The fraction of sp³-hybridized carbons (Fsp3) is 0.300. The van der Waals surface area contributed by atoms with Gasteiger partial charge in [-0.1, -0.05) is 5.16 Å². The molecular weight excluding hydrogens is 522 g/mol. The molecule has 2 aliphatic heterocycles. The van der Waals surface area contributed by atoms with Gasteiger partial charge in [-0.3, -0.25) is 14.5 Å². The number of fused-ring (bicyclic) bond motifs is 1. The Morgan fingerprint density at radius 3 is 2.72 bits per heavy atom. The van der Waals surface area contributed by atoms with Crippen LogP contribution < -0.4 is 20.4 Å². The van der Waals surface area contributed by atoms with Crippen LogP contribution in [0.25, 0.3) is 0 Å². The molecule has 0 aliphatic carbocycles. The molecule has 2 aliphatic rings. The van der Waals surface area contributed by atoms with Gasteiger partial charge in [0.25, 0.3) is 11.8 Å². The molecule has 2 atom stereocenters. The summed E-state index contributed by atoms with van der Waals surface area (Å²) in [6, 6.07) is 2.32. The van der Waals surface area contributed by atoms with E-state index in [1.165, 1.54) is 24.3 Å². The third-order valence-electron chi connectivity index (χ3n) is 5.21. The summed E-state index contributed by atoms with van der Waals surface area (Å²) in [5.41, 5.74) is 5.17. The van der Waals surface area contributed by atoms with Crippen LogP contribution in [0.2, 0.25) is 0 Å². The van der Waals surface area contributed by atoms with Gasteiger partial charge < -0.3 is 25.7 Å². The first-order valence-corrected chi connectivity index (χ1v) is 12.1. The molecule has 4 N–H and O–H groups in total. The molecule has 1 saturated heterocycles. The zero-order valence-corrected chi connectivity index (χ0v) is 20.1. The third-order valence-corrected chi connectivity index (χ3v) is 7.22. The second kappa shape index (κ2) is 10.4. The molecule has 2 aromatic heterocycles. The van der Waals surface area contributed by atoms with Gasteiger partial charge in [-0.15, -0.1) is 23.1 Å². The summed E-state index contributed by atoms with van der Waals surface area (Å²) in [7, 11) is 1.53. The first-order valence-electron chi connectivity index (χ1n) is 10.2. The van der Waals surface area contributed by atoms with E-state index >= 15 is 0 Å². The molecule has 1 unspecified atom stereocenters. The predicted molar refractivity (Wildman–Crippen MR) is 123 cm³/mol. The topological polar surface area (TPSA) is 160 Å². The summed E-state index contributed by atoms with van der Waals surface area (Å²) in [6.07, 6.45) is 3.44. The van der Waals surface area contributed by atoms with Crippen molar-refractivity contribution >= 4 is 51.7 Å². The Bertz CT molecular complexity index is 1250. The van der Waals surface area contributed by atoms with Crippen molar-refractivity contribution in [3.8, 4) is 5.75 Å². The quantitative estimate of drug-likeness (QED) is 0.177. The molecule has 0 aromatic carbocycles. The molecule has 2 aromatic rings. The van der Waals surface area contributed by atoms with Gasteiger partial charge in [0.05, 0.1) is 7.11 Å². The number of carbonyl (C=O) groups is 3. The number of anilines is 1. The number of thioether (sulfide) groups is 1. The maximum atomic E-state index is 12.9. The number of β-lactam (4-membered cyclic amide) rings is 1. The zero-order chi connectivity index (χ0) is 26.0. The summed E-state index contributed by atoms with van der Waals surface area (Å²) in [4.78, 5) is 46.6. The number of amides is 2. The average Bonchev–Trinajstić information content (AvgIpc) is 3.28. The van der Waals surface area contributed by atoms with Crippen molar-refractivity contribution in [3.05, 3.63) is 46.9 Å². The van der Waals surface area contributed by atoms with Crippen LogP contribution in [0.3, 0.4) is 0 Å². The molecule has 190 valence electrons. The summed E-state index contributed by atoms with van der Waals surface area (Å²) < 4.78 is 31.9. The van der Waals surface area contributed by atoms with Gasteiger partial charge >= 0.3 is 12.6 Å². The van der Waals surface area contributed by atoms with Gasteiger partial charge in [-0.05, 0) is 0 Å². The molecule has 0 spiro atoms. The summed E-state index contributed by atoms with van der Waals surface area (Å²) in [5.74, 6) is -2.04. The van der Waals surface area contributed by atoms with E-state index in [4.69, 9.17) is 10.5 Å². The van der Waals surface area contributed by atoms with Crippen LogP contribution in [0.5, 0.6) is 5.75 Å². The monoisotopic (exact) mass is 541 g/mol. The fourth-order valence-electron chi connectivity index (χ4n) is 3.61. The van der Waals surface area contributed by atoms with E-state index in [0.29, 0.717) is 11.3 Å². The second-order valence-corrected chi connectivity index (χ2v) is 9.40. The number of nitrogen functional groups attached to an aromatic ring is 1. The third kappa shape index (κ3) is 5.08. The van der Waals surface area contributed by atoms with Crippen molar-refractivity contribution in [1.82, 2.24) is 15.2 Å². The van der Waals surface area contributed by atoms with E-state index in [0.717, 1.165) is 16.2 Å². The highest BCUT2D eigenvalue weighted by atomic mass is 32.2. The highest BCUT2D eigenvalue weighted by Gasteiger charge is 2.54. The van der Waals surface area contributed by atoms with Crippen molar-refractivity contribution in [2.45, 2.75) is 24.6 Å². The van der Waals surface area contributed by atoms with Gasteiger partial charge in [0.2, 0.25) is 0 Å². The van der Waals surface area contributed by atoms with Crippen molar-refractivity contribution in [2.24, 2.45) is 5.16 Å². The number of carbonyl (C=O) groups excluding carboxylic acids is 2. The predicted octanol–water partition coefficient (Wildman–Crippen LogP) is 0.404. The first kappa shape index (κ1) is 25.3. The number of hydrogen-bond acceptors (Lipinski definition) is 10. The SMILES string of the molecule is COc1cc[n+](CC2=C(C(=O)O)N3C(=O)C(NC(=O)C(=NOC(F)F)c4csc(N)n4)[C@@H]3SC2)cc1. The Hall–Kier alpha value is -3.79. The molecule has 0 bridgehead atoms. The maximum Gasteiger partial charge on any atom is 0.407 e. The van der Waals surface area contributed by atoms with E-state index < -0.39 is 41.5 Å². The molecule has 16 heteroatoms. The van der Waals surface area contributed by atoms with E-state index in [9.17, 15) is 28.3 Å². The number of halogens is 2. The van der Waals surface area contributed by atoms with Crippen molar-refractivity contribution in [2.75, 3.05) is 18.6 Å². The van der Waals surface area contributed by atoms with Crippen LogP contribution in [0.4, 0.5) is 13.9 Å². The van der Waals surface area contributed by atoms with Gasteiger partial charge in [-0.25, -0.2) is 14.3 Å². The van der Waals surface area contributed by atoms with Crippen LogP contribution in [0.15, 0.2) is 46.3 Å².